The van der Waals surface area contributed by atoms with Crippen molar-refractivity contribution in [2.75, 3.05) is 6.54 Å². The van der Waals surface area contributed by atoms with E-state index in [2.05, 4.69) is 96.9 Å². The van der Waals surface area contributed by atoms with E-state index in [4.69, 9.17) is 55.1 Å². The molecular formula is C31H71NO12Si8. The summed E-state index contributed by atoms with van der Waals surface area (Å²) in [4.78, 5) is 0. The Hall–Kier alpha value is 1.22. The maximum atomic E-state index is 7.72. The lowest BCUT2D eigenvalue weighted by Crippen LogP contribution is -2.88. The third-order valence-electron chi connectivity index (χ3n) is 9.03. The third kappa shape index (κ3) is 10.1. The van der Waals surface area contributed by atoms with Crippen LogP contribution in [0.2, 0.25) is 48.4 Å². The molecule has 6 heterocycles. The molecule has 304 valence electrons. The van der Waals surface area contributed by atoms with Crippen LogP contribution in [-0.4, -0.2) is 77.0 Å². The van der Waals surface area contributed by atoms with Gasteiger partial charge in [0.2, 0.25) is 0 Å². The fourth-order valence-corrected chi connectivity index (χ4v) is 59.8. The average Bonchev–Trinajstić information content (AvgIpc) is 2.84. The minimum absolute atomic E-state index is 0.131. The van der Waals surface area contributed by atoms with Gasteiger partial charge in [-0.2, -0.15) is 0 Å². The molecule has 6 saturated heterocycles. The molecule has 21 heteroatoms. The van der Waals surface area contributed by atoms with Gasteiger partial charge in [0.05, 0.1) is 0 Å². The summed E-state index contributed by atoms with van der Waals surface area (Å²) in [6, 6.07) is 3.87. The highest BCUT2D eigenvalue weighted by atomic mass is 28.6. The molecule has 0 atom stereocenters. The summed E-state index contributed by atoms with van der Waals surface area (Å²) < 4.78 is 92.5. The van der Waals surface area contributed by atoms with Crippen LogP contribution < -0.4 is 5.73 Å². The van der Waals surface area contributed by atoms with Crippen molar-refractivity contribution in [2.45, 2.75) is 152 Å². The van der Waals surface area contributed by atoms with Gasteiger partial charge >= 0.3 is 70.4 Å². The van der Waals surface area contributed by atoms with Crippen molar-refractivity contribution < 1.29 is 49.4 Å². The van der Waals surface area contributed by atoms with E-state index >= 15 is 0 Å². The molecule has 0 spiro atoms. The fourth-order valence-electron chi connectivity index (χ4n) is 8.19. The molecule has 0 aromatic rings. The van der Waals surface area contributed by atoms with E-state index in [0.29, 0.717) is 61.3 Å². The molecule has 0 radical (unpaired) electrons. The largest absolute Gasteiger partial charge is 0.479 e. The van der Waals surface area contributed by atoms with Crippen LogP contribution in [-0.2, 0) is 49.4 Å². The fraction of sp³-hybridized carbons (Fsp3) is 1.00. The second-order valence-electron chi connectivity index (χ2n) is 18.8. The molecule has 0 aromatic heterocycles. The van der Waals surface area contributed by atoms with Crippen LogP contribution in [0.3, 0.4) is 0 Å². The van der Waals surface area contributed by atoms with E-state index in [1.54, 1.807) is 0 Å². The minimum Gasteiger partial charge on any atom is -0.373 e. The highest BCUT2D eigenvalue weighted by Gasteiger charge is 2.83. The molecule has 0 amide bonds. The predicted octanol–water partition coefficient (Wildman–Crippen LogP) is 7.71. The van der Waals surface area contributed by atoms with E-state index in [0.717, 1.165) is 0 Å². The zero-order valence-electron chi connectivity index (χ0n) is 34.6. The standard InChI is InChI=1S/C31H71NO12Si8/c1-25(2)18-46-33-45(17-15-16-32)34-47(19-26(3)4)38-49(36-46,21-28(7)8)42-52(24-31(13)14)43-50(37-46,22-29(9)10)39-48(35-45,20-27(5)6)41-51(40-47,44-52)23-30(11)12/h25-31H,15-24,32H2,1-14H3. The van der Waals surface area contributed by atoms with Crippen molar-refractivity contribution in [2.24, 2.45) is 47.2 Å². The summed E-state index contributed by atoms with van der Waals surface area (Å²) in [6.07, 6.45) is 0.600. The van der Waals surface area contributed by atoms with Crippen LogP contribution in [0, 0.1) is 41.4 Å². The molecule has 6 aliphatic rings. The lowest BCUT2D eigenvalue weighted by Gasteiger charge is -2.64. The topological polar surface area (TPSA) is 137 Å². The Balaban J connectivity index is 1.96. The summed E-state index contributed by atoms with van der Waals surface area (Å²) in [6.45, 7) is 30.7. The summed E-state index contributed by atoms with van der Waals surface area (Å²) in [5.41, 5.74) is 6.26. The smallest absolute Gasteiger partial charge is 0.373 e. The normalized spacial score (nSPS) is 41.9. The van der Waals surface area contributed by atoms with Gasteiger partial charge in [-0.3, -0.25) is 0 Å². The molecule has 8 bridgehead atoms. The van der Waals surface area contributed by atoms with Crippen LogP contribution in [0.15, 0.2) is 0 Å². The van der Waals surface area contributed by atoms with E-state index in [1.165, 1.54) is 0 Å². The quantitative estimate of drug-likeness (QED) is 0.143. The molecule has 6 rings (SSSR count). The van der Waals surface area contributed by atoms with Gasteiger partial charge in [-0.25, -0.2) is 0 Å². The number of rotatable bonds is 17. The molecule has 13 nitrogen and oxygen atoms in total. The van der Waals surface area contributed by atoms with Gasteiger partial charge in [0.1, 0.15) is 0 Å². The Kier molecular flexibility index (Phi) is 13.7. The molecule has 0 saturated carbocycles. The summed E-state index contributed by atoms with van der Waals surface area (Å²) in [7, 11) is -31.0. The van der Waals surface area contributed by atoms with Crippen LogP contribution in [0.5, 0.6) is 0 Å². The van der Waals surface area contributed by atoms with Crippen LogP contribution in [0.1, 0.15) is 103 Å². The first kappa shape index (κ1) is 44.3. The molecule has 0 unspecified atom stereocenters. The summed E-state index contributed by atoms with van der Waals surface area (Å²) in [5, 5.41) is 0. The zero-order chi connectivity index (χ0) is 38.6. The Morgan fingerprint density at radius 1 is 0.288 bits per heavy atom. The van der Waals surface area contributed by atoms with Gasteiger partial charge in [0, 0.05) is 48.4 Å². The zero-order valence-corrected chi connectivity index (χ0v) is 42.6. The van der Waals surface area contributed by atoms with Crippen LogP contribution in [0.25, 0.3) is 0 Å². The average molecular weight is 875 g/mol. The molecule has 2 N–H and O–H groups in total. The van der Waals surface area contributed by atoms with E-state index < -0.39 is 70.4 Å². The van der Waals surface area contributed by atoms with Gasteiger partial charge in [0.25, 0.3) is 0 Å². The van der Waals surface area contributed by atoms with Gasteiger partial charge < -0.3 is 55.1 Å². The molecule has 0 aromatic carbocycles. The van der Waals surface area contributed by atoms with Crippen LogP contribution in [0.4, 0.5) is 0 Å². The van der Waals surface area contributed by atoms with Crippen molar-refractivity contribution >= 4 is 70.4 Å². The van der Waals surface area contributed by atoms with Crippen molar-refractivity contribution in [3.63, 3.8) is 0 Å². The van der Waals surface area contributed by atoms with Crippen LogP contribution >= 0.6 is 0 Å². The molecule has 52 heavy (non-hydrogen) atoms. The number of nitrogens with two attached hydrogens (primary N) is 1. The second kappa shape index (κ2) is 16.1. The first-order valence-electron chi connectivity index (χ1n) is 20.1. The first-order chi connectivity index (χ1) is 24.0. The Morgan fingerprint density at radius 2 is 0.442 bits per heavy atom. The highest BCUT2D eigenvalue weighted by Crippen LogP contribution is 2.55. The monoisotopic (exact) mass is 873 g/mol. The third-order valence-corrected chi connectivity index (χ3v) is 49.1. The van der Waals surface area contributed by atoms with Crippen molar-refractivity contribution in [1.82, 2.24) is 0 Å². The number of hydrogen-bond donors (Lipinski definition) is 1. The Morgan fingerprint density at radius 3 is 0.577 bits per heavy atom. The maximum Gasteiger partial charge on any atom is 0.479 e. The van der Waals surface area contributed by atoms with E-state index in [1.807, 2.05) is 0 Å². The van der Waals surface area contributed by atoms with Gasteiger partial charge in [-0.05, 0) is 54.4 Å². The SMILES string of the molecule is CC(C)C[Si]12O[Si]3(CCCN)O[Si]4(CC(C)C)O[Si](CC(C)C)(O1)O[Si]1(CC(C)C)O[Si](CC(C)C)(O2)O[Si](CC(C)C)(O3)O[Si](CC(C)C)(O4)O1. The maximum absolute atomic E-state index is 7.72. The lowest BCUT2D eigenvalue weighted by molar-refractivity contribution is -0.0341. The van der Waals surface area contributed by atoms with Crippen molar-refractivity contribution in [1.29, 1.82) is 0 Å². The van der Waals surface area contributed by atoms with E-state index in [9.17, 15) is 0 Å². The molecule has 6 aliphatic heterocycles. The van der Waals surface area contributed by atoms with Crippen molar-refractivity contribution in [3.8, 4) is 0 Å². The molecular weight excluding hydrogens is 803 g/mol. The second-order valence-corrected chi connectivity index (χ2v) is 42.9. The van der Waals surface area contributed by atoms with E-state index in [-0.39, 0.29) is 41.4 Å². The first-order valence-corrected chi connectivity index (χ1v) is 35.5. The van der Waals surface area contributed by atoms with Gasteiger partial charge in [0.15, 0.2) is 0 Å². The van der Waals surface area contributed by atoms with Crippen molar-refractivity contribution in [3.05, 3.63) is 0 Å². The summed E-state index contributed by atoms with van der Waals surface area (Å²) >= 11 is 0. The lowest BCUT2D eigenvalue weighted by atomic mass is 10.3. The van der Waals surface area contributed by atoms with Gasteiger partial charge in [-0.15, -0.1) is 0 Å². The number of hydrogen-bond acceptors (Lipinski definition) is 13. The summed E-state index contributed by atoms with van der Waals surface area (Å²) in [5.74, 6) is 0.942. The minimum atomic E-state index is -3.89. The molecule has 6 fully saturated rings. The predicted molar refractivity (Wildman–Crippen MR) is 215 cm³/mol. The Bertz CT molecular complexity index is 1080. The highest BCUT2D eigenvalue weighted by molar-refractivity contribution is 7.03. The van der Waals surface area contributed by atoms with Gasteiger partial charge in [-0.1, -0.05) is 96.9 Å². The molecule has 0 aliphatic carbocycles. The Labute approximate surface area is 323 Å².